The summed E-state index contributed by atoms with van der Waals surface area (Å²) in [5.41, 5.74) is 2.19. The van der Waals surface area contributed by atoms with E-state index in [1.165, 1.54) is 6.42 Å². The SMILES string of the molecule is Cc1c(CNC(=O)N2CCCCC2CC(C)C)cnn1C. The molecular formula is C16H28N4O. The number of amides is 2. The van der Waals surface area contributed by atoms with Gasteiger partial charge in [0.05, 0.1) is 6.20 Å². The van der Waals surface area contributed by atoms with Crippen molar-refractivity contribution in [3.63, 3.8) is 0 Å². The molecule has 5 heteroatoms. The monoisotopic (exact) mass is 292 g/mol. The molecule has 21 heavy (non-hydrogen) atoms. The van der Waals surface area contributed by atoms with Crippen LogP contribution in [0.5, 0.6) is 0 Å². The Balaban J connectivity index is 1.93. The van der Waals surface area contributed by atoms with Crippen LogP contribution in [0, 0.1) is 12.8 Å². The quantitative estimate of drug-likeness (QED) is 0.927. The van der Waals surface area contributed by atoms with Crippen molar-refractivity contribution in [1.82, 2.24) is 20.0 Å². The Bertz CT molecular complexity index is 481. The second kappa shape index (κ2) is 6.96. The molecule has 0 aliphatic carbocycles. The Morgan fingerprint density at radius 3 is 2.86 bits per heavy atom. The highest BCUT2D eigenvalue weighted by molar-refractivity contribution is 5.74. The number of nitrogens with one attached hydrogen (secondary N) is 1. The molecule has 1 aliphatic rings. The lowest BCUT2D eigenvalue weighted by atomic mass is 9.94. The molecule has 2 heterocycles. The summed E-state index contributed by atoms with van der Waals surface area (Å²) in [6, 6.07) is 0.470. The zero-order valence-corrected chi connectivity index (χ0v) is 13.7. The Morgan fingerprint density at radius 2 is 2.24 bits per heavy atom. The molecule has 118 valence electrons. The smallest absolute Gasteiger partial charge is 0.317 e. The van der Waals surface area contributed by atoms with Gasteiger partial charge in [-0.2, -0.15) is 5.10 Å². The van der Waals surface area contributed by atoms with Gasteiger partial charge in [0.2, 0.25) is 0 Å². The average Bonchev–Trinajstić information content (AvgIpc) is 2.76. The van der Waals surface area contributed by atoms with Crippen molar-refractivity contribution in [1.29, 1.82) is 0 Å². The molecule has 1 aliphatic heterocycles. The molecule has 0 radical (unpaired) electrons. The summed E-state index contributed by atoms with van der Waals surface area (Å²) >= 11 is 0. The molecule has 0 spiro atoms. The highest BCUT2D eigenvalue weighted by atomic mass is 16.2. The number of aryl methyl sites for hydroxylation is 1. The average molecular weight is 292 g/mol. The van der Waals surface area contributed by atoms with Gasteiger partial charge in [-0.05, 0) is 38.5 Å². The number of likely N-dealkylation sites (tertiary alicyclic amines) is 1. The molecule has 1 aromatic rings. The number of hydrogen-bond acceptors (Lipinski definition) is 2. The zero-order chi connectivity index (χ0) is 15.4. The summed E-state index contributed by atoms with van der Waals surface area (Å²) in [6.45, 7) is 7.92. The minimum atomic E-state index is 0.0728. The van der Waals surface area contributed by atoms with Crippen LogP contribution in [0.2, 0.25) is 0 Å². The molecule has 1 atom stereocenters. The second-order valence-corrected chi connectivity index (χ2v) is 6.51. The van der Waals surface area contributed by atoms with E-state index in [0.29, 0.717) is 18.5 Å². The maximum absolute atomic E-state index is 12.5. The van der Waals surface area contributed by atoms with Gasteiger partial charge in [0.1, 0.15) is 0 Å². The number of urea groups is 1. The van der Waals surface area contributed by atoms with Crippen LogP contribution in [0.3, 0.4) is 0 Å². The van der Waals surface area contributed by atoms with Crippen LogP contribution in [0.1, 0.15) is 50.8 Å². The van der Waals surface area contributed by atoms with Gasteiger partial charge >= 0.3 is 6.03 Å². The van der Waals surface area contributed by atoms with E-state index in [1.54, 1.807) is 0 Å². The molecule has 1 saturated heterocycles. The van der Waals surface area contributed by atoms with E-state index in [4.69, 9.17) is 0 Å². The third-order valence-electron chi connectivity index (χ3n) is 4.40. The number of piperidine rings is 1. The highest BCUT2D eigenvalue weighted by Gasteiger charge is 2.27. The molecule has 1 fully saturated rings. The summed E-state index contributed by atoms with van der Waals surface area (Å²) in [5, 5.41) is 7.27. The lowest BCUT2D eigenvalue weighted by Crippen LogP contribution is -2.48. The largest absolute Gasteiger partial charge is 0.334 e. The number of carbonyl (C=O) groups is 1. The fourth-order valence-corrected chi connectivity index (χ4v) is 3.05. The third kappa shape index (κ3) is 3.99. The fourth-order valence-electron chi connectivity index (χ4n) is 3.05. The van der Waals surface area contributed by atoms with Crippen molar-refractivity contribution in [2.75, 3.05) is 6.54 Å². The summed E-state index contributed by atoms with van der Waals surface area (Å²) in [6.07, 6.45) is 6.42. The van der Waals surface area contributed by atoms with Gasteiger partial charge in [-0.3, -0.25) is 4.68 Å². The van der Waals surface area contributed by atoms with E-state index < -0.39 is 0 Å². The standard InChI is InChI=1S/C16H28N4O/c1-12(2)9-15-7-5-6-8-20(15)16(21)17-10-14-11-18-19(4)13(14)3/h11-12,15H,5-10H2,1-4H3,(H,17,21). The predicted molar refractivity (Wildman–Crippen MR) is 84.0 cm³/mol. The van der Waals surface area contributed by atoms with Crippen molar-refractivity contribution in [3.8, 4) is 0 Å². The number of aromatic nitrogens is 2. The molecule has 5 nitrogen and oxygen atoms in total. The Morgan fingerprint density at radius 1 is 1.48 bits per heavy atom. The van der Waals surface area contributed by atoms with Crippen LogP contribution < -0.4 is 5.32 Å². The maximum atomic E-state index is 12.5. The first-order valence-corrected chi connectivity index (χ1v) is 8.01. The summed E-state index contributed by atoms with van der Waals surface area (Å²) in [5.74, 6) is 0.629. The summed E-state index contributed by atoms with van der Waals surface area (Å²) in [7, 11) is 1.92. The van der Waals surface area contributed by atoms with E-state index in [1.807, 2.05) is 29.7 Å². The van der Waals surface area contributed by atoms with Gasteiger partial charge < -0.3 is 10.2 Å². The fraction of sp³-hybridized carbons (Fsp3) is 0.750. The number of rotatable bonds is 4. The zero-order valence-electron chi connectivity index (χ0n) is 13.7. The molecular weight excluding hydrogens is 264 g/mol. The van der Waals surface area contributed by atoms with Gasteiger partial charge in [0.25, 0.3) is 0 Å². The van der Waals surface area contributed by atoms with Crippen LogP contribution in [-0.2, 0) is 13.6 Å². The second-order valence-electron chi connectivity index (χ2n) is 6.51. The van der Waals surface area contributed by atoms with Crippen LogP contribution >= 0.6 is 0 Å². The van der Waals surface area contributed by atoms with Crippen LogP contribution in [0.15, 0.2) is 6.20 Å². The maximum Gasteiger partial charge on any atom is 0.317 e. The van der Waals surface area contributed by atoms with Crippen molar-refractivity contribution in [3.05, 3.63) is 17.5 Å². The van der Waals surface area contributed by atoms with Crippen molar-refractivity contribution in [2.45, 2.75) is 59.0 Å². The Hall–Kier alpha value is -1.52. The third-order valence-corrected chi connectivity index (χ3v) is 4.40. The summed E-state index contributed by atoms with van der Waals surface area (Å²) in [4.78, 5) is 14.5. The van der Waals surface area contributed by atoms with E-state index in [2.05, 4.69) is 24.3 Å². The lowest BCUT2D eigenvalue weighted by molar-refractivity contribution is 0.139. The van der Waals surface area contributed by atoms with E-state index in [-0.39, 0.29) is 6.03 Å². The summed E-state index contributed by atoms with van der Waals surface area (Å²) < 4.78 is 1.84. The van der Waals surface area contributed by atoms with Crippen molar-refractivity contribution in [2.24, 2.45) is 13.0 Å². The molecule has 0 bridgehead atoms. The van der Waals surface area contributed by atoms with Crippen LogP contribution in [0.4, 0.5) is 4.79 Å². The molecule has 0 saturated carbocycles. The predicted octanol–water partition coefficient (Wildman–Crippen LogP) is 2.84. The van der Waals surface area contributed by atoms with Crippen LogP contribution in [0.25, 0.3) is 0 Å². The first-order chi connectivity index (χ1) is 9.99. The van der Waals surface area contributed by atoms with Gasteiger partial charge in [-0.25, -0.2) is 4.79 Å². The molecule has 1 unspecified atom stereocenters. The molecule has 2 amide bonds. The Kier molecular flexibility index (Phi) is 5.26. The Labute approximate surface area is 127 Å². The molecule has 1 N–H and O–H groups in total. The van der Waals surface area contributed by atoms with E-state index >= 15 is 0 Å². The topological polar surface area (TPSA) is 50.2 Å². The lowest BCUT2D eigenvalue weighted by Gasteiger charge is -2.36. The molecule has 1 aromatic heterocycles. The van der Waals surface area contributed by atoms with Gasteiger partial charge in [-0.1, -0.05) is 13.8 Å². The van der Waals surface area contributed by atoms with Crippen molar-refractivity contribution >= 4 is 6.03 Å². The van der Waals surface area contributed by atoms with Crippen LogP contribution in [-0.4, -0.2) is 33.3 Å². The van der Waals surface area contributed by atoms with E-state index in [0.717, 1.165) is 37.1 Å². The number of carbonyl (C=O) groups excluding carboxylic acids is 1. The van der Waals surface area contributed by atoms with E-state index in [9.17, 15) is 4.79 Å². The minimum Gasteiger partial charge on any atom is -0.334 e. The molecule has 0 aromatic carbocycles. The van der Waals surface area contributed by atoms with Gasteiger partial charge in [-0.15, -0.1) is 0 Å². The number of nitrogens with zero attached hydrogens (tertiary/aromatic N) is 3. The molecule has 2 rings (SSSR count). The van der Waals surface area contributed by atoms with Crippen molar-refractivity contribution < 1.29 is 4.79 Å². The normalized spacial score (nSPS) is 19.1. The van der Waals surface area contributed by atoms with Gasteiger partial charge in [0.15, 0.2) is 0 Å². The highest BCUT2D eigenvalue weighted by Crippen LogP contribution is 2.22. The number of hydrogen-bond donors (Lipinski definition) is 1. The first-order valence-electron chi connectivity index (χ1n) is 8.01. The first kappa shape index (κ1) is 15.9. The minimum absolute atomic E-state index is 0.0728. The van der Waals surface area contributed by atoms with Gasteiger partial charge in [0, 0.05) is 37.4 Å².